The van der Waals surface area contributed by atoms with Gasteiger partial charge in [-0.2, -0.15) is 0 Å². The summed E-state index contributed by atoms with van der Waals surface area (Å²) < 4.78 is 0. The highest BCUT2D eigenvalue weighted by molar-refractivity contribution is 5.21. The number of hydrogen-bond acceptors (Lipinski definition) is 0. The van der Waals surface area contributed by atoms with Crippen LogP contribution >= 0.6 is 0 Å². The standard InChI is InChI=1S/C22H24/c1-3-7-17(8-4-1)15-21-19-11-13-20(14-12-19)22(21)16-18-9-5-2-6-10-18/h1-11,13,19-22H,12,14-16H2. The van der Waals surface area contributed by atoms with E-state index in [1.54, 1.807) is 0 Å². The molecule has 0 nitrogen and oxygen atoms in total. The molecular formula is C22H24. The molecule has 2 aromatic rings. The van der Waals surface area contributed by atoms with Crippen LogP contribution in [-0.4, -0.2) is 0 Å². The molecule has 3 aliphatic rings. The molecule has 5 rings (SSSR count). The van der Waals surface area contributed by atoms with E-state index in [0.717, 1.165) is 23.7 Å². The monoisotopic (exact) mass is 288 g/mol. The number of hydrogen-bond donors (Lipinski definition) is 0. The van der Waals surface area contributed by atoms with Crippen molar-refractivity contribution in [2.75, 3.05) is 0 Å². The molecule has 112 valence electrons. The number of rotatable bonds is 4. The summed E-state index contributed by atoms with van der Waals surface area (Å²) in [4.78, 5) is 0. The third-order valence-electron chi connectivity index (χ3n) is 5.72. The van der Waals surface area contributed by atoms with Crippen LogP contribution in [-0.2, 0) is 12.8 Å². The van der Waals surface area contributed by atoms with Crippen molar-refractivity contribution >= 4 is 0 Å². The highest BCUT2D eigenvalue weighted by Gasteiger charge is 2.40. The zero-order chi connectivity index (χ0) is 14.8. The van der Waals surface area contributed by atoms with Crippen molar-refractivity contribution in [2.24, 2.45) is 23.7 Å². The van der Waals surface area contributed by atoms with Gasteiger partial charge < -0.3 is 0 Å². The third-order valence-corrected chi connectivity index (χ3v) is 5.72. The van der Waals surface area contributed by atoms with Gasteiger partial charge in [-0.25, -0.2) is 0 Å². The zero-order valence-corrected chi connectivity index (χ0v) is 13.1. The summed E-state index contributed by atoms with van der Waals surface area (Å²) >= 11 is 0. The Labute approximate surface area is 133 Å². The first kappa shape index (κ1) is 13.8. The number of fused-ring (bicyclic) bond motifs is 2. The van der Waals surface area contributed by atoms with Crippen molar-refractivity contribution in [3.8, 4) is 0 Å². The predicted octanol–water partition coefficient (Wildman–Crippen LogP) is 5.30. The minimum absolute atomic E-state index is 0.791. The largest absolute Gasteiger partial charge is 0.0848 e. The molecule has 0 saturated heterocycles. The molecule has 0 heteroatoms. The van der Waals surface area contributed by atoms with Crippen LogP contribution in [0.25, 0.3) is 0 Å². The molecule has 1 saturated carbocycles. The predicted molar refractivity (Wildman–Crippen MR) is 92.6 cm³/mol. The second-order valence-electron chi connectivity index (χ2n) is 7.00. The lowest BCUT2D eigenvalue weighted by Crippen LogP contribution is -2.39. The average Bonchev–Trinajstić information content (AvgIpc) is 2.60. The fourth-order valence-electron chi connectivity index (χ4n) is 4.59. The summed E-state index contributed by atoms with van der Waals surface area (Å²) in [5, 5.41) is 0. The Morgan fingerprint density at radius 1 is 0.591 bits per heavy atom. The van der Waals surface area contributed by atoms with Crippen LogP contribution in [0.15, 0.2) is 72.8 Å². The first-order chi connectivity index (χ1) is 10.9. The van der Waals surface area contributed by atoms with Crippen molar-refractivity contribution in [3.63, 3.8) is 0 Å². The lowest BCUT2D eigenvalue weighted by Gasteiger charge is -2.45. The molecule has 3 aliphatic carbocycles. The zero-order valence-electron chi connectivity index (χ0n) is 13.1. The van der Waals surface area contributed by atoms with E-state index >= 15 is 0 Å². The molecular weight excluding hydrogens is 264 g/mol. The Morgan fingerprint density at radius 2 is 1.00 bits per heavy atom. The van der Waals surface area contributed by atoms with E-state index in [4.69, 9.17) is 0 Å². The molecule has 0 radical (unpaired) electrons. The van der Waals surface area contributed by atoms with Crippen LogP contribution < -0.4 is 0 Å². The van der Waals surface area contributed by atoms with Gasteiger partial charge in [0.05, 0.1) is 0 Å². The van der Waals surface area contributed by atoms with Gasteiger partial charge in [0, 0.05) is 0 Å². The molecule has 0 spiro atoms. The molecule has 22 heavy (non-hydrogen) atoms. The fraction of sp³-hybridized carbons (Fsp3) is 0.364. The smallest absolute Gasteiger partial charge is 0.0199 e. The summed E-state index contributed by atoms with van der Waals surface area (Å²) in [6.07, 6.45) is 10.3. The van der Waals surface area contributed by atoms with Crippen molar-refractivity contribution in [2.45, 2.75) is 25.7 Å². The Kier molecular flexibility index (Phi) is 3.84. The second-order valence-corrected chi connectivity index (χ2v) is 7.00. The van der Waals surface area contributed by atoms with E-state index in [-0.39, 0.29) is 0 Å². The van der Waals surface area contributed by atoms with E-state index in [0.29, 0.717) is 0 Å². The molecule has 0 heterocycles. The molecule has 4 unspecified atom stereocenters. The van der Waals surface area contributed by atoms with Gasteiger partial charge in [0.25, 0.3) is 0 Å². The summed E-state index contributed by atoms with van der Waals surface area (Å²) in [5.74, 6) is 3.20. The summed E-state index contributed by atoms with van der Waals surface area (Å²) in [6.45, 7) is 0. The normalized spacial score (nSPS) is 29.6. The van der Waals surface area contributed by atoms with Gasteiger partial charge in [0.1, 0.15) is 0 Å². The molecule has 1 fully saturated rings. The minimum Gasteiger partial charge on any atom is -0.0848 e. The Balaban J connectivity index is 1.58. The van der Waals surface area contributed by atoms with Crippen molar-refractivity contribution in [1.82, 2.24) is 0 Å². The van der Waals surface area contributed by atoms with E-state index in [1.165, 1.54) is 36.8 Å². The Morgan fingerprint density at radius 3 is 1.36 bits per heavy atom. The Bertz CT molecular complexity index is 568. The average molecular weight is 288 g/mol. The quantitative estimate of drug-likeness (QED) is 0.670. The van der Waals surface area contributed by atoms with Crippen LogP contribution in [0.5, 0.6) is 0 Å². The molecule has 2 bridgehead atoms. The third kappa shape index (κ3) is 2.75. The van der Waals surface area contributed by atoms with Crippen molar-refractivity contribution in [3.05, 3.63) is 83.9 Å². The first-order valence-electron chi connectivity index (χ1n) is 8.66. The maximum atomic E-state index is 2.52. The van der Waals surface area contributed by atoms with Gasteiger partial charge >= 0.3 is 0 Å². The summed E-state index contributed by atoms with van der Waals surface area (Å²) in [6, 6.07) is 22.2. The summed E-state index contributed by atoms with van der Waals surface area (Å²) in [5.41, 5.74) is 3.01. The second kappa shape index (κ2) is 6.12. The van der Waals surface area contributed by atoms with E-state index < -0.39 is 0 Å². The molecule has 4 atom stereocenters. The van der Waals surface area contributed by atoms with Crippen molar-refractivity contribution < 1.29 is 0 Å². The lowest BCUT2D eigenvalue weighted by atomic mass is 9.59. The number of allylic oxidation sites excluding steroid dienone is 2. The van der Waals surface area contributed by atoms with Gasteiger partial charge in [-0.3, -0.25) is 0 Å². The molecule has 0 amide bonds. The van der Waals surface area contributed by atoms with Gasteiger partial charge in [-0.1, -0.05) is 72.8 Å². The van der Waals surface area contributed by atoms with Gasteiger partial charge in [0.2, 0.25) is 0 Å². The molecule has 0 aromatic heterocycles. The molecule has 0 aliphatic heterocycles. The van der Waals surface area contributed by atoms with Crippen LogP contribution in [0, 0.1) is 23.7 Å². The maximum absolute atomic E-state index is 2.52. The molecule has 2 aromatic carbocycles. The molecule has 0 N–H and O–H groups in total. The fourth-order valence-corrected chi connectivity index (χ4v) is 4.59. The maximum Gasteiger partial charge on any atom is -0.0199 e. The lowest BCUT2D eigenvalue weighted by molar-refractivity contribution is 0.121. The van der Waals surface area contributed by atoms with Crippen LogP contribution in [0.3, 0.4) is 0 Å². The van der Waals surface area contributed by atoms with Crippen LogP contribution in [0.4, 0.5) is 0 Å². The minimum atomic E-state index is 0.791. The van der Waals surface area contributed by atoms with E-state index in [2.05, 4.69) is 72.8 Å². The van der Waals surface area contributed by atoms with Gasteiger partial charge in [-0.05, 0) is 60.5 Å². The van der Waals surface area contributed by atoms with Crippen molar-refractivity contribution in [1.29, 1.82) is 0 Å². The van der Waals surface area contributed by atoms with Crippen LogP contribution in [0.2, 0.25) is 0 Å². The van der Waals surface area contributed by atoms with E-state index in [9.17, 15) is 0 Å². The SMILES string of the molecule is C1=CC2CCC1C(Cc1ccccc1)C2Cc1ccccc1. The Hall–Kier alpha value is -1.82. The van der Waals surface area contributed by atoms with E-state index in [1.807, 2.05) is 0 Å². The topological polar surface area (TPSA) is 0 Å². The summed E-state index contributed by atoms with van der Waals surface area (Å²) in [7, 11) is 0. The van der Waals surface area contributed by atoms with Gasteiger partial charge in [-0.15, -0.1) is 0 Å². The van der Waals surface area contributed by atoms with Gasteiger partial charge in [0.15, 0.2) is 0 Å². The van der Waals surface area contributed by atoms with Crippen LogP contribution in [0.1, 0.15) is 24.0 Å². The first-order valence-corrected chi connectivity index (χ1v) is 8.66. The number of benzene rings is 2. The highest BCUT2D eigenvalue weighted by Crippen LogP contribution is 2.47. The highest BCUT2D eigenvalue weighted by atomic mass is 14.4.